The maximum atomic E-state index is 12.3. The highest BCUT2D eigenvalue weighted by Crippen LogP contribution is 2.44. The third kappa shape index (κ3) is 5.76. The molecule has 0 heterocycles. The Kier molecular flexibility index (Phi) is 7.80. The van der Waals surface area contributed by atoms with E-state index in [1.54, 1.807) is 0 Å². The van der Waals surface area contributed by atoms with E-state index in [1.165, 1.54) is 12.1 Å². The summed E-state index contributed by atoms with van der Waals surface area (Å²) in [6.45, 7) is 0.130. The van der Waals surface area contributed by atoms with Gasteiger partial charge in [-0.25, -0.2) is 4.79 Å². The van der Waals surface area contributed by atoms with Gasteiger partial charge in [-0.05, 0) is 34.2 Å². The number of nitrogens with zero attached hydrogens (tertiary/aromatic N) is 1. The van der Waals surface area contributed by atoms with Crippen molar-refractivity contribution in [2.24, 2.45) is 0 Å². The summed E-state index contributed by atoms with van der Waals surface area (Å²) >= 11 is 0. The van der Waals surface area contributed by atoms with Crippen LogP contribution in [0.1, 0.15) is 40.7 Å². The molecule has 2 atom stereocenters. The molecule has 0 saturated carbocycles. The number of aliphatic hydroxyl groups excluding tert-OH is 2. The van der Waals surface area contributed by atoms with Crippen molar-refractivity contribution in [3.05, 3.63) is 99.1 Å². The fourth-order valence-electron chi connectivity index (χ4n) is 4.60. The number of hydrogen-bond acceptors (Lipinski definition) is 7. The first-order valence-corrected chi connectivity index (χ1v) is 11.7. The fraction of sp³-hybridized carbons (Fsp3) is 0.259. The first kappa shape index (κ1) is 25.8. The normalized spacial score (nSPS) is 13.8. The van der Waals surface area contributed by atoms with Crippen LogP contribution in [0.3, 0.4) is 0 Å². The summed E-state index contributed by atoms with van der Waals surface area (Å²) in [5.74, 6) is -1.32. The Balaban J connectivity index is 1.30. The van der Waals surface area contributed by atoms with Crippen molar-refractivity contribution in [3.8, 4) is 11.1 Å². The molecule has 10 nitrogen and oxygen atoms in total. The van der Waals surface area contributed by atoms with Crippen molar-refractivity contribution in [1.82, 2.24) is 5.32 Å². The lowest BCUT2D eigenvalue weighted by molar-refractivity contribution is -0.385. The van der Waals surface area contributed by atoms with Gasteiger partial charge < -0.3 is 25.4 Å². The molecular weight excluding hydrogens is 480 g/mol. The molecule has 0 radical (unpaired) electrons. The second-order valence-electron chi connectivity index (χ2n) is 8.77. The van der Waals surface area contributed by atoms with E-state index in [0.29, 0.717) is 0 Å². The van der Waals surface area contributed by atoms with Gasteiger partial charge in [0.1, 0.15) is 12.7 Å². The summed E-state index contributed by atoms with van der Waals surface area (Å²) in [5.41, 5.74) is 3.98. The molecule has 3 aromatic rings. The third-order valence-electron chi connectivity index (χ3n) is 6.41. The number of carboxylic acids is 1. The maximum Gasteiger partial charge on any atom is 0.407 e. The number of carbonyl (C=O) groups is 2. The number of ether oxygens (including phenoxy) is 1. The zero-order chi connectivity index (χ0) is 26.5. The van der Waals surface area contributed by atoms with Crippen molar-refractivity contribution in [2.45, 2.75) is 31.0 Å². The van der Waals surface area contributed by atoms with Crippen LogP contribution in [-0.4, -0.2) is 51.6 Å². The lowest BCUT2D eigenvalue weighted by Crippen LogP contribution is -2.30. The summed E-state index contributed by atoms with van der Waals surface area (Å²) in [7, 11) is 0. The van der Waals surface area contributed by atoms with Crippen molar-refractivity contribution in [2.75, 3.05) is 13.2 Å². The summed E-state index contributed by atoms with van der Waals surface area (Å²) in [6, 6.07) is 19.5. The Hall–Kier alpha value is -4.28. The number of nitro groups is 1. The van der Waals surface area contributed by atoms with Crippen LogP contribution in [0.5, 0.6) is 0 Å². The van der Waals surface area contributed by atoms with Crippen LogP contribution in [-0.2, 0) is 16.0 Å². The van der Waals surface area contributed by atoms with E-state index in [9.17, 15) is 29.9 Å². The predicted octanol–water partition coefficient (Wildman–Crippen LogP) is 3.55. The highest BCUT2D eigenvalue weighted by molar-refractivity contribution is 5.79. The number of benzene rings is 3. The van der Waals surface area contributed by atoms with Gasteiger partial charge in [0, 0.05) is 24.1 Å². The SMILES string of the molecule is O=C(O)Cc1ccc(C(O)C(O)CCNC(=O)OCC2c3ccccc3-c3ccccc32)cc1[N+](=O)[O-]. The van der Waals surface area contributed by atoms with Crippen molar-refractivity contribution >= 4 is 17.7 Å². The number of alkyl carbamates (subject to hydrolysis) is 1. The average molecular weight is 507 g/mol. The van der Waals surface area contributed by atoms with Gasteiger partial charge in [-0.3, -0.25) is 14.9 Å². The number of amides is 1. The molecule has 1 aliphatic carbocycles. The highest BCUT2D eigenvalue weighted by atomic mass is 16.6. The minimum Gasteiger partial charge on any atom is -0.481 e. The molecule has 0 saturated heterocycles. The van der Waals surface area contributed by atoms with Gasteiger partial charge in [-0.15, -0.1) is 0 Å². The number of nitro benzene ring substituents is 1. The van der Waals surface area contributed by atoms with Gasteiger partial charge in [-0.2, -0.15) is 0 Å². The van der Waals surface area contributed by atoms with E-state index < -0.39 is 41.3 Å². The first-order chi connectivity index (χ1) is 17.8. The molecule has 2 unspecified atom stereocenters. The predicted molar refractivity (Wildman–Crippen MR) is 133 cm³/mol. The molecule has 0 fully saturated rings. The number of fused-ring (bicyclic) bond motifs is 3. The Labute approximate surface area is 212 Å². The lowest BCUT2D eigenvalue weighted by atomic mass is 9.98. The number of aliphatic hydroxyl groups is 2. The summed E-state index contributed by atoms with van der Waals surface area (Å²) in [4.78, 5) is 33.8. The van der Waals surface area contributed by atoms with Gasteiger partial charge >= 0.3 is 12.1 Å². The van der Waals surface area contributed by atoms with Crippen LogP contribution in [0.4, 0.5) is 10.5 Å². The molecule has 192 valence electrons. The molecule has 0 aliphatic heterocycles. The van der Waals surface area contributed by atoms with Gasteiger partial charge in [-0.1, -0.05) is 60.7 Å². The minimum atomic E-state index is -1.47. The second kappa shape index (κ2) is 11.2. The highest BCUT2D eigenvalue weighted by Gasteiger charge is 2.29. The number of nitrogens with one attached hydrogen (secondary N) is 1. The van der Waals surface area contributed by atoms with Crippen LogP contribution in [0.25, 0.3) is 11.1 Å². The minimum absolute atomic E-state index is 0.00586. The number of rotatable bonds is 10. The molecule has 4 rings (SSSR count). The summed E-state index contributed by atoms with van der Waals surface area (Å²) in [5, 5.41) is 43.5. The molecule has 4 N–H and O–H groups in total. The van der Waals surface area contributed by atoms with Crippen molar-refractivity contribution in [3.63, 3.8) is 0 Å². The Morgan fingerprint density at radius 2 is 1.62 bits per heavy atom. The molecule has 3 aromatic carbocycles. The molecule has 1 aliphatic rings. The van der Waals surface area contributed by atoms with Gasteiger partial charge in [0.15, 0.2) is 0 Å². The monoisotopic (exact) mass is 506 g/mol. The summed E-state index contributed by atoms with van der Waals surface area (Å²) in [6.07, 6.45) is -4.06. The zero-order valence-electron chi connectivity index (χ0n) is 19.7. The Morgan fingerprint density at radius 1 is 1.00 bits per heavy atom. The van der Waals surface area contributed by atoms with E-state index >= 15 is 0 Å². The summed E-state index contributed by atoms with van der Waals surface area (Å²) < 4.78 is 5.44. The Bertz CT molecular complexity index is 1280. The smallest absolute Gasteiger partial charge is 0.407 e. The van der Waals surface area contributed by atoms with Crippen molar-refractivity contribution < 1.29 is 34.6 Å². The quantitative estimate of drug-likeness (QED) is 0.240. The zero-order valence-corrected chi connectivity index (χ0v) is 19.7. The Morgan fingerprint density at radius 3 is 2.22 bits per heavy atom. The molecule has 0 spiro atoms. The number of hydrogen-bond donors (Lipinski definition) is 4. The average Bonchev–Trinajstić information content (AvgIpc) is 3.20. The van der Waals surface area contributed by atoms with E-state index in [-0.39, 0.29) is 36.6 Å². The molecule has 0 bridgehead atoms. The van der Waals surface area contributed by atoms with E-state index in [0.717, 1.165) is 28.3 Å². The fourth-order valence-corrected chi connectivity index (χ4v) is 4.60. The van der Waals surface area contributed by atoms with Gasteiger partial charge in [0.25, 0.3) is 5.69 Å². The van der Waals surface area contributed by atoms with Crippen LogP contribution < -0.4 is 5.32 Å². The standard InChI is InChI=1S/C27H26N2O8/c30-24(26(33)17-10-9-16(14-25(31)32)23(13-17)29(35)36)11-12-28-27(34)37-15-22-20-7-3-1-5-18(20)19-6-2-4-8-21(19)22/h1-10,13,22,24,26,30,33H,11-12,14-15H2,(H,28,34)(H,31,32). The van der Waals surface area contributed by atoms with Crippen LogP contribution in [0.15, 0.2) is 66.7 Å². The van der Waals surface area contributed by atoms with Crippen LogP contribution in [0.2, 0.25) is 0 Å². The van der Waals surface area contributed by atoms with E-state index in [4.69, 9.17) is 9.84 Å². The molecule has 37 heavy (non-hydrogen) atoms. The van der Waals surface area contributed by atoms with Crippen LogP contribution >= 0.6 is 0 Å². The topological polar surface area (TPSA) is 159 Å². The van der Waals surface area contributed by atoms with Crippen molar-refractivity contribution in [1.29, 1.82) is 0 Å². The molecule has 10 heteroatoms. The lowest BCUT2D eigenvalue weighted by Gasteiger charge is -2.19. The maximum absolute atomic E-state index is 12.3. The molecular formula is C27H26N2O8. The first-order valence-electron chi connectivity index (χ1n) is 11.7. The van der Waals surface area contributed by atoms with E-state index in [2.05, 4.69) is 5.32 Å². The number of carboxylic acid groups (broad SMARTS) is 1. The van der Waals surface area contributed by atoms with Gasteiger partial charge in [0.2, 0.25) is 0 Å². The second-order valence-corrected chi connectivity index (χ2v) is 8.77. The molecule has 0 aromatic heterocycles. The number of carbonyl (C=O) groups excluding carboxylic acids is 1. The third-order valence-corrected chi connectivity index (χ3v) is 6.41. The van der Waals surface area contributed by atoms with Gasteiger partial charge in [0.05, 0.1) is 17.4 Å². The largest absolute Gasteiger partial charge is 0.481 e. The van der Waals surface area contributed by atoms with Crippen LogP contribution in [0, 0.1) is 10.1 Å². The molecule has 1 amide bonds. The van der Waals surface area contributed by atoms with E-state index in [1.807, 2.05) is 48.5 Å². The number of aliphatic carboxylic acids is 1.